The Kier molecular flexibility index (Phi) is 6.31. The fraction of sp³-hybridized carbons (Fsp3) is 0.278. The number of rotatable bonds is 6. The van der Waals surface area contributed by atoms with Crippen molar-refractivity contribution in [1.29, 1.82) is 0 Å². The summed E-state index contributed by atoms with van der Waals surface area (Å²) in [4.78, 5) is 12.4. The number of benzene rings is 2. The van der Waals surface area contributed by atoms with E-state index in [9.17, 15) is 18.0 Å². The van der Waals surface area contributed by atoms with E-state index in [1.54, 1.807) is 12.1 Å². The van der Waals surface area contributed by atoms with Crippen LogP contribution in [0.25, 0.3) is 0 Å². The standard InChI is InChI=1S/C18H18F3NOS/c1-11(2)18(12-3-5-13(19)6-4-12)22-17(23)10-24-16-8-7-14(20)9-15(16)21/h3-9,11,18H,10H2,1-2H3,(H,22,23). The van der Waals surface area contributed by atoms with Gasteiger partial charge in [0.05, 0.1) is 11.8 Å². The molecule has 1 atom stereocenters. The van der Waals surface area contributed by atoms with Crippen LogP contribution in [-0.2, 0) is 4.79 Å². The predicted molar refractivity (Wildman–Crippen MR) is 89.2 cm³/mol. The molecule has 24 heavy (non-hydrogen) atoms. The molecule has 0 aliphatic carbocycles. The average molecular weight is 353 g/mol. The second-order valence-electron chi connectivity index (χ2n) is 5.70. The van der Waals surface area contributed by atoms with Gasteiger partial charge in [0.15, 0.2) is 0 Å². The van der Waals surface area contributed by atoms with Crippen molar-refractivity contribution in [2.45, 2.75) is 24.8 Å². The Morgan fingerprint density at radius 2 is 1.67 bits per heavy atom. The zero-order valence-corrected chi connectivity index (χ0v) is 14.2. The molecule has 2 nitrogen and oxygen atoms in total. The van der Waals surface area contributed by atoms with E-state index in [0.717, 1.165) is 29.5 Å². The summed E-state index contributed by atoms with van der Waals surface area (Å²) < 4.78 is 39.5. The third kappa shape index (κ3) is 5.03. The van der Waals surface area contributed by atoms with Gasteiger partial charge in [-0.05, 0) is 35.7 Å². The van der Waals surface area contributed by atoms with Gasteiger partial charge in [0.25, 0.3) is 0 Å². The molecule has 0 fully saturated rings. The third-order valence-electron chi connectivity index (χ3n) is 3.46. The van der Waals surface area contributed by atoms with E-state index in [1.165, 1.54) is 18.2 Å². The maximum atomic E-state index is 13.6. The van der Waals surface area contributed by atoms with E-state index < -0.39 is 11.6 Å². The molecule has 0 aliphatic heterocycles. The number of hydrogen-bond acceptors (Lipinski definition) is 2. The number of carbonyl (C=O) groups excluding carboxylic acids is 1. The Morgan fingerprint density at radius 1 is 1.04 bits per heavy atom. The number of halogens is 3. The fourth-order valence-corrected chi connectivity index (χ4v) is 2.99. The van der Waals surface area contributed by atoms with Gasteiger partial charge in [0.2, 0.25) is 5.91 Å². The van der Waals surface area contributed by atoms with Crippen molar-refractivity contribution in [3.63, 3.8) is 0 Å². The van der Waals surface area contributed by atoms with Crippen LogP contribution in [0.15, 0.2) is 47.4 Å². The monoisotopic (exact) mass is 353 g/mol. The number of hydrogen-bond donors (Lipinski definition) is 1. The summed E-state index contributed by atoms with van der Waals surface area (Å²) >= 11 is 1.00. The molecule has 0 bridgehead atoms. The van der Waals surface area contributed by atoms with Crippen molar-refractivity contribution in [2.75, 3.05) is 5.75 Å². The quantitative estimate of drug-likeness (QED) is 0.762. The van der Waals surface area contributed by atoms with Crippen LogP contribution in [-0.4, -0.2) is 11.7 Å². The van der Waals surface area contributed by atoms with E-state index in [4.69, 9.17) is 0 Å². The highest BCUT2D eigenvalue weighted by Crippen LogP contribution is 2.24. The zero-order valence-electron chi connectivity index (χ0n) is 13.4. The van der Waals surface area contributed by atoms with E-state index in [2.05, 4.69) is 5.32 Å². The van der Waals surface area contributed by atoms with E-state index in [0.29, 0.717) is 0 Å². The largest absolute Gasteiger partial charge is 0.348 e. The zero-order chi connectivity index (χ0) is 17.7. The summed E-state index contributed by atoms with van der Waals surface area (Å²) in [5.74, 6) is -1.84. The van der Waals surface area contributed by atoms with Gasteiger partial charge in [0.1, 0.15) is 17.5 Å². The normalized spacial score (nSPS) is 12.2. The second-order valence-corrected chi connectivity index (χ2v) is 6.72. The number of nitrogens with one attached hydrogen (secondary N) is 1. The predicted octanol–water partition coefficient (Wildman–Crippen LogP) is 4.71. The highest BCUT2D eigenvalue weighted by molar-refractivity contribution is 8.00. The van der Waals surface area contributed by atoms with Crippen LogP contribution in [0.5, 0.6) is 0 Å². The van der Waals surface area contributed by atoms with Gasteiger partial charge in [0, 0.05) is 11.0 Å². The van der Waals surface area contributed by atoms with Gasteiger partial charge in [-0.25, -0.2) is 13.2 Å². The number of thioether (sulfide) groups is 1. The highest BCUT2D eigenvalue weighted by Gasteiger charge is 2.18. The Bertz CT molecular complexity index is 704. The molecule has 1 N–H and O–H groups in total. The lowest BCUT2D eigenvalue weighted by Gasteiger charge is -2.23. The molecule has 2 aromatic rings. The van der Waals surface area contributed by atoms with Gasteiger partial charge < -0.3 is 5.32 Å². The fourth-order valence-electron chi connectivity index (χ4n) is 2.26. The molecule has 2 rings (SSSR count). The van der Waals surface area contributed by atoms with Crippen LogP contribution < -0.4 is 5.32 Å². The summed E-state index contributed by atoms with van der Waals surface area (Å²) in [5.41, 5.74) is 0.803. The number of amides is 1. The molecule has 1 unspecified atom stereocenters. The first-order valence-electron chi connectivity index (χ1n) is 7.49. The van der Waals surface area contributed by atoms with Crippen LogP contribution in [0.3, 0.4) is 0 Å². The minimum absolute atomic E-state index is 0.00691. The maximum absolute atomic E-state index is 13.6. The maximum Gasteiger partial charge on any atom is 0.230 e. The highest BCUT2D eigenvalue weighted by atomic mass is 32.2. The van der Waals surface area contributed by atoms with Crippen molar-refractivity contribution in [3.05, 3.63) is 65.5 Å². The Morgan fingerprint density at radius 3 is 2.25 bits per heavy atom. The van der Waals surface area contributed by atoms with Crippen molar-refractivity contribution < 1.29 is 18.0 Å². The lowest BCUT2D eigenvalue weighted by Crippen LogP contribution is -2.33. The topological polar surface area (TPSA) is 29.1 Å². The second kappa shape index (κ2) is 8.24. The Labute approximate surface area is 143 Å². The van der Waals surface area contributed by atoms with Gasteiger partial charge >= 0.3 is 0 Å². The molecule has 0 saturated heterocycles. The lowest BCUT2D eigenvalue weighted by molar-refractivity contribution is -0.119. The molecule has 2 aromatic carbocycles. The van der Waals surface area contributed by atoms with Crippen LogP contribution >= 0.6 is 11.8 Å². The Hall–Kier alpha value is -1.95. The van der Waals surface area contributed by atoms with Crippen LogP contribution in [0.4, 0.5) is 13.2 Å². The molecular formula is C18H18F3NOS. The van der Waals surface area contributed by atoms with Crippen molar-refractivity contribution in [1.82, 2.24) is 5.32 Å². The summed E-state index contributed by atoms with van der Waals surface area (Å²) in [6.07, 6.45) is 0. The Balaban J connectivity index is 1.99. The minimum Gasteiger partial charge on any atom is -0.348 e. The molecule has 0 saturated carbocycles. The van der Waals surface area contributed by atoms with Crippen LogP contribution in [0, 0.1) is 23.4 Å². The first-order chi connectivity index (χ1) is 11.4. The third-order valence-corrected chi connectivity index (χ3v) is 4.51. The summed E-state index contributed by atoms with van der Waals surface area (Å²) in [6.45, 7) is 3.89. The van der Waals surface area contributed by atoms with E-state index in [-0.39, 0.29) is 34.3 Å². The van der Waals surface area contributed by atoms with E-state index in [1.807, 2.05) is 13.8 Å². The molecule has 0 radical (unpaired) electrons. The van der Waals surface area contributed by atoms with Crippen LogP contribution in [0.2, 0.25) is 0 Å². The summed E-state index contributed by atoms with van der Waals surface area (Å²) in [7, 11) is 0. The smallest absolute Gasteiger partial charge is 0.230 e. The van der Waals surface area contributed by atoms with Crippen molar-refractivity contribution in [3.8, 4) is 0 Å². The lowest BCUT2D eigenvalue weighted by atomic mass is 9.96. The molecule has 6 heteroatoms. The van der Waals surface area contributed by atoms with Gasteiger partial charge in [-0.2, -0.15) is 0 Å². The molecule has 128 valence electrons. The molecule has 0 aromatic heterocycles. The average Bonchev–Trinajstić information content (AvgIpc) is 2.52. The van der Waals surface area contributed by atoms with Gasteiger partial charge in [-0.1, -0.05) is 26.0 Å². The first kappa shape index (κ1) is 18.4. The van der Waals surface area contributed by atoms with Gasteiger partial charge in [-0.15, -0.1) is 11.8 Å². The summed E-state index contributed by atoms with van der Waals surface area (Å²) in [6, 6.07) is 8.94. The number of carbonyl (C=O) groups is 1. The molecule has 0 spiro atoms. The van der Waals surface area contributed by atoms with Gasteiger partial charge in [-0.3, -0.25) is 4.79 Å². The van der Waals surface area contributed by atoms with Crippen molar-refractivity contribution in [2.24, 2.45) is 5.92 Å². The molecular weight excluding hydrogens is 335 g/mol. The molecule has 0 heterocycles. The molecule has 0 aliphatic rings. The van der Waals surface area contributed by atoms with E-state index >= 15 is 0 Å². The first-order valence-corrected chi connectivity index (χ1v) is 8.48. The van der Waals surface area contributed by atoms with Crippen LogP contribution in [0.1, 0.15) is 25.5 Å². The summed E-state index contributed by atoms with van der Waals surface area (Å²) in [5, 5.41) is 2.87. The van der Waals surface area contributed by atoms with Crippen molar-refractivity contribution >= 4 is 17.7 Å². The SMILES string of the molecule is CC(C)C(NC(=O)CSc1ccc(F)cc1F)c1ccc(F)cc1. The minimum atomic E-state index is -0.688. The molecule has 1 amide bonds.